The Hall–Kier alpha value is 0.476. The van der Waals surface area contributed by atoms with Crippen molar-refractivity contribution in [3.05, 3.63) is 22.4 Å². The molecule has 0 spiro atoms. The molecule has 0 unspecified atom stereocenters. The molecule has 3 nitrogen and oxygen atoms in total. The number of carbonyl (C=O) groups is 2. The molecule has 0 aromatic carbocycles. The first-order valence-corrected chi connectivity index (χ1v) is 3.39. The molecule has 0 saturated carbocycles. The van der Waals surface area contributed by atoms with E-state index < -0.39 is 11.8 Å². The number of carbonyl (C=O) groups excluding carboxylic acids is 2. The van der Waals surface area contributed by atoms with E-state index in [1.807, 2.05) is 0 Å². The smallest absolute Gasteiger partial charge is 0.541 e. The number of carboxylic acids is 1. The Labute approximate surface area is 110 Å². The molecule has 5 heteroatoms. The summed E-state index contributed by atoms with van der Waals surface area (Å²) in [4.78, 5) is 20.7. The molecule has 0 aliphatic heterocycles. The molecule has 0 radical (unpaired) electrons. The number of Topliss-reactive ketones (excluding diaryl/α,β-unsaturated/α-hetero) is 1. The van der Waals surface area contributed by atoms with E-state index in [1.54, 1.807) is 11.4 Å². The second-order valence-corrected chi connectivity index (χ2v) is 2.54. The van der Waals surface area contributed by atoms with E-state index in [2.05, 4.69) is 0 Å². The maximum atomic E-state index is 10.6. The summed E-state index contributed by atoms with van der Waals surface area (Å²) in [6.45, 7) is 0. The van der Waals surface area contributed by atoms with Gasteiger partial charge in [0.25, 0.3) is 0 Å². The van der Waals surface area contributed by atoms with Crippen molar-refractivity contribution in [2.45, 2.75) is 0 Å². The number of ketones is 1. The van der Waals surface area contributed by atoms with Crippen LogP contribution in [0.1, 0.15) is 9.67 Å². The zero-order chi connectivity index (χ0) is 7.56. The van der Waals surface area contributed by atoms with Gasteiger partial charge in [0.05, 0.1) is 4.88 Å². The van der Waals surface area contributed by atoms with Crippen LogP contribution in [0, 0.1) is 0 Å². The standard InChI is InChI=1S/C6H4O3S.K/c7-5(6(8)9)4-2-1-3-10-4;/h1-3H,(H,8,9);/q;+1/p-1. The summed E-state index contributed by atoms with van der Waals surface area (Å²) in [5, 5.41) is 11.6. The Bertz CT molecular complexity index is 255. The number of hydrogen-bond donors (Lipinski definition) is 0. The van der Waals surface area contributed by atoms with Crippen LogP contribution in [-0.2, 0) is 4.79 Å². The summed E-state index contributed by atoms with van der Waals surface area (Å²) in [7, 11) is 0. The molecule has 1 heterocycles. The number of hydrogen-bond acceptors (Lipinski definition) is 4. The Morgan fingerprint density at radius 2 is 2.09 bits per heavy atom. The maximum Gasteiger partial charge on any atom is 1.00 e. The number of rotatable bonds is 2. The monoisotopic (exact) mass is 194 g/mol. The quantitative estimate of drug-likeness (QED) is 0.281. The van der Waals surface area contributed by atoms with Crippen molar-refractivity contribution < 1.29 is 66.1 Å². The second kappa shape index (κ2) is 5.18. The van der Waals surface area contributed by atoms with Gasteiger partial charge < -0.3 is 9.90 Å². The van der Waals surface area contributed by atoms with Crippen molar-refractivity contribution in [3.63, 3.8) is 0 Å². The Morgan fingerprint density at radius 3 is 2.45 bits per heavy atom. The zero-order valence-electron chi connectivity index (χ0n) is 5.87. The molecular weight excluding hydrogens is 191 g/mol. The van der Waals surface area contributed by atoms with Crippen molar-refractivity contribution >= 4 is 23.1 Å². The van der Waals surface area contributed by atoms with Gasteiger partial charge in [0.2, 0.25) is 5.78 Å². The predicted molar refractivity (Wildman–Crippen MR) is 33.7 cm³/mol. The van der Waals surface area contributed by atoms with Gasteiger partial charge >= 0.3 is 51.4 Å². The van der Waals surface area contributed by atoms with Gasteiger partial charge in [-0.25, -0.2) is 0 Å². The Kier molecular flexibility index (Phi) is 5.40. The largest absolute Gasteiger partial charge is 1.00 e. The summed E-state index contributed by atoms with van der Waals surface area (Å²) in [5.41, 5.74) is 0. The van der Waals surface area contributed by atoms with Crippen molar-refractivity contribution in [2.75, 3.05) is 0 Å². The Balaban J connectivity index is 0.000001000. The number of aliphatic carboxylic acids is 1. The minimum atomic E-state index is -1.65. The van der Waals surface area contributed by atoms with Crippen LogP contribution in [0.3, 0.4) is 0 Å². The van der Waals surface area contributed by atoms with Gasteiger partial charge in [-0.1, -0.05) is 6.07 Å². The fraction of sp³-hybridized carbons (Fsp3) is 0. The number of carboxylic acid groups (broad SMARTS) is 1. The van der Waals surface area contributed by atoms with Crippen LogP contribution in [0.15, 0.2) is 17.5 Å². The van der Waals surface area contributed by atoms with Crippen molar-refractivity contribution in [2.24, 2.45) is 0 Å². The van der Waals surface area contributed by atoms with Crippen LogP contribution in [0.5, 0.6) is 0 Å². The van der Waals surface area contributed by atoms with Crippen LogP contribution in [-0.4, -0.2) is 11.8 Å². The minimum Gasteiger partial charge on any atom is -0.541 e. The van der Waals surface area contributed by atoms with Gasteiger partial charge in [0.15, 0.2) is 0 Å². The first-order chi connectivity index (χ1) is 4.72. The molecule has 52 valence electrons. The third-order valence-corrected chi connectivity index (χ3v) is 1.80. The van der Waals surface area contributed by atoms with Crippen molar-refractivity contribution in [1.29, 1.82) is 0 Å². The minimum absolute atomic E-state index is 0. The molecule has 11 heavy (non-hydrogen) atoms. The third-order valence-electron chi connectivity index (χ3n) is 0.930. The zero-order valence-corrected chi connectivity index (χ0v) is 9.80. The SMILES string of the molecule is O=C([O-])C(=O)c1cccs1.[K+]. The van der Waals surface area contributed by atoms with E-state index in [0.29, 0.717) is 0 Å². The number of thiophene rings is 1. The van der Waals surface area contributed by atoms with E-state index in [1.165, 1.54) is 6.07 Å². The van der Waals surface area contributed by atoms with Crippen molar-refractivity contribution in [1.82, 2.24) is 0 Å². The molecule has 1 aromatic rings. The average molecular weight is 194 g/mol. The predicted octanol–water partition coefficient (Wildman–Crippen LogP) is -3.32. The van der Waals surface area contributed by atoms with Crippen LogP contribution in [0.25, 0.3) is 0 Å². The van der Waals surface area contributed by atoms with Gasteiger partial charge in [-0.2, -0.15) is 0 Å². The molecule has 0 aliphatic carbocycles. The van der Waals surface area contributed by atoms with Gasteiger partial charge in [-0.3, -0.25) is 4.79 Å². The summed E-state index contributed by atoms with van der Waals surface area (Å²) in [6.07, 6.45) is 0. The van der Waals surface area contributed by atoms with E-state index in [0.717, 1.165) is 11.3 Å². The molecular formula is C6H3KO3S. The molecule has 1 rings (SSSR count). The molecule has 0 N–H and O–H groups in total. The molecule has 0 atom stereocenters. The average Bonchev–Trinajstić information content (AvgIpc) is 2.36. The summed E-state index contributed by atoms with van der Waals surface area (Å²) in [6, 6.07) is 3.06. The Morgan fingerprint density at radius 1 is 1.45 bits per heavy atom. The molecule has 0 fully saturated rings. The maximum absolute atomic E-state index is 10.6. The normalized spacial score (nSPS) is 8.36. The summed E-state index contributed by atoms with van der Waals surface area (Å²) < 4.78 is 0. The topological polar surface area (TPSA) is 57.2 Å². The summed E-state index contributed by atoms with van der Waals surface area (Å²) >= 11 is 1.09. The van der Waals surface area contributed by atoms with Gasteiger partial charge in [0.1, 0.15) is 5.97 Å². The van der Waals surface area contributed by atoms with Gasteiger partial charge in [-0.15, -0.1) is 11.3 Å². The van der Waals surface area contributed by atoms with E-state index >= 15 is 0 Å². The van der Waals surface area contributed by atoms with Crippen LogP contribution < -0.4 is 56.5 Å². The van der Waals surface area contributed by atoms with Gasteiger partial charge in [-0.05, 0) is 11.4 Å². The molecule has 1 aromatic heterocycles. The van der Waals surface area contributed by atoms with E-state index in [9.17, 15) is 14.7 Å². The second-order valence-electron chi connectivity index (χ2n) is 1.59. The molecule has 0 bridgehead atoms. The fourth-order valence-electron chi connectivity index (χ4n) is 0.508. The van der Waals surface area contributed by atoms with E-state index in [4.69, 9.17) is 0 Å². The third kappa shape index (κ3) is 3.14. The molecule has 0 aliphatic rings. The first kappa shape index (κ1) is 11.5. The summed E-state index contributed by atoms with van der Waals surface area (Å²) in [5.74, 6) is -2.60. The fourth-order valence-corrected chi connectivity index (χ4v) is 1.16. The van der Waals surface area contributed by atoms with Crippen LogP contribution in [0.4, 0.5) is 0 Å². The van der Waals surface area contributed by atoms with Crippen LogP contribution in [0.2, 0.25) is 0 Å². The molecule has 0 amide bonds. The van der Waals surface area contributed by atoms with Crippen LogP contribution >= 0.6 is 11.3 Å². The molecule has 0 saturated heterocycles. The van der Waals surface area contributed by atoms with Gasteiger partial charge in [0, 0.05) is 0 Å². The van der Waals surface area contributed by atoms with Crippen molar-refractivity contribution in [3.8, 4) is 0 Å². The van der Waals surface area contributed by atoms with E-state index in [-0.39, 0.29) is 56.3 Å². The first-order valence-electron chi connectivity index (χ1n) is 2.51.